The van der Waals surface area contributed by atoms with Crippen molar-refractivity contribution in [2.24, 2.45) is 0 Å². The summed E-state index contributed by atoms with van der Waals surface area (Å²) < 4.78 is 13.3. The Kier molecular flexibility index (Phi) is 4.98. The number of carbonyl (C=O) groups is 3. The summed E-state index contributed by atoms with van der Waals surface area (Å²) in [6.45, 7) is 3.64. The molecule has 0 aromatic heterocycles. The van der Waals surface area contributed by atoms with E-state index in [2.05, 4.69) is 5.32 Å². The van der Waals surface area contributed by atoms with Crippen molar-refractivity contribution in [3.63, 3.8) is 0 Å². The first-order valence-corrected chi connectivity index (χ1v) is 7.41. The number of nitrogens with one attached hydrogen (secondary N) is 1. The van der Waals surface area contributed by atoms with Crippen LogP contribution in [0.25, 0.3) is 0 Å². The summed E-state index contributed by atoms with van der Waals surface area (Å²) in [5.74, 6) is -2.89. The number of amides is 2. The number of nitrogens with zero attached hydrogens (tertiary/aromatic N) is 1. The second-order valence-electron chi connectivity index (χ2n) is 5.81. The van der Waals surface area contributed by atoms with Crippen molar-refractivity contribution >= 4 is 23.5 Å². The van der Waals surface area contributed by atoms with Crippen LogP contribution in [-0.4, -0.2) is 40.4 Å². The average molecular weight is 322 g/mol. The second-order valence-corrected chi connectivity index (χ2v) is 5.81. The summed E-state index contributed by atoms with van der Waals surface area (Å²) in [5.41, 5.74) is 0.846. The van der Waals surface area contributed by atoms with Gasteiger partial charge in [-0.1, -0.05) is 6.07 Å². The minimum atomic E-state index is -0.993. The quantitative estimate of drug-likeness (QED) is 0.867. The Balaban J connectivity index is 2.30. The van der Waals surface area contributed by atoms with Gasteiger partial charge in [0, 0.05) is 24.7 Å². The van der Waals surface area contributed by atoms with Crippen molar-refractivity contribution in [2.45, 2.75) is 38.6 Å². The number of fused-ring (bicyclic) bond motifs is 1. The van der Waals surface area contributed by atoms with Crippen LogP contribution in [0.5, 0.6) is 0 Å². The molecule has 6 nitrogen and oxygen atoms in total. The molecular formula is C16H19FN2O4. The molecule has 1 aliphatic heterocycles. The first-order chi connectivity index (χ1) is 10.8. The number of aliphatic carboxylic acids is 1. The van der Waals surface area contributed by atoms with E-state index >= 15 is 0 Å². The van der Waals surface area contributed by atoms with Crippen LogP contribution in [0.3, 0.4) is 0 Å². The number of halogens is 1. The van der Waals surface area contributed by atoms with Crippen molar-refractivity contribution in [2.75, 3.05) is 11.9 Å². The molecule has 1 aliphatic rings. The fourth-order valence-corrected chi connectivity index (χ4v) is 2.70. The number of carboxylic acids is 1. The van der Waals surface area contributed by atoms with Gasteiger partial charge in [-0.25, -0.2) is 4.39 Å². The number of hydrogen-bond acceptors (Lipinski definition) is 3. The molecule has 23 heavy (non-hydrogen) atoms. The summed E-state index contributed by atoms with van der Waals surface area (Å²) >= 11 is 0. The van der Waals surface area contributed by atoms with Crippen molar-refractivity contribution in [3.05, 3.63) is 29.6 Å². The fraction of sp³-hybridized carbons (Fsp3) is 0.438. The Morgan fingerprint density at radius 1 is 1.43 bits per heavy atom. The number of carbonyl (C=O) groups excluding carboxylic acids is 2. The van der Waals surface area contributed by atoms with E-state index in [0.29, 0.717) is 11.3 Å². The average Bonchev–Trinajstić information content (AvgIpc) is 2.45. The van der Waals surface area contributed by atoms with Crippen LogP contribution >= 0.6 is 0 Å². The third-order valence-corrected chi connectivity index (χ3v) is 3.83. The Morgan fingerprint density at radius 3 is 2.74 bits per heavy atom. The molecule has 7 heteroatoms. The van der Waals surface area contributed by atoms with E-state index in [0.717, 1.165) is 0 Å². The molecule has 0 aliphatic carbocycles. The normalized spacial score (nSPS) is 16.7. The van der Waals surface area contributed by atoms with Gasteiger partial charge in [0.05, 0.1) is 12.3 Å². The van der Waals surface area contributed by atoms with Gasteiger partial charge in [0.15, 0.2) is 0 Å². The van der Waals surface area contributed by atoms with Crippen molar-refractivity contribution in [1.29, 1.82) is 0 Å². The molecule has 1 heterocycles. The second kappa shape index (κ2) is 6.76. The highest BCUT2D eigenvalue weighted by molar-refractivity contribution is 6.01. The molecule has 0 saturated carbocycles. The molecule has 0 radical (unpaired) electrons. The van der Waals surface area contributed by atoms with E-state index in [1.54, 1.807) is 13.8 Å². The zero-order valence-electron chi connectivity index (χ0n) is 13.0. The summed E-state index contributed by atoms with van der Waals surface area (Å²) in [6, 6.07) is 3.72. The van der Waals surface area contributed by atoms with Crippen LogP contribution in [0.2, 0.25) is 0 Å². The molecule has 1 aromatic rings. The van der Waals surface area contributed by atoms with Crippen LogP contribution in [-0.2, 0) is 14.4 Å². The highest BCUT2D eigenvalue weighted by Gasteiger charge is 2.34. The van der Waals surface area contributed by atoms with Gasteiger partial charge >= 0.3 is 5.97 Å². The Labute approximate surface area is 133 Å². The minimum absolute atomic E-state index is 0.0340. The van der Waals surface area contributed by atoms with Gasteiger partial charge in [0.1, 0.15) is 5.82 Å². The van der Waals surface area contributed by atoms with E-state index < -0.39 is 17.7 Å². The molecule has 2 rings (SSSR count). The first-order valence-electron chi connectivity index (χ1n) is 7.41. The number of benzene rings is 1. The molecular weight excluding hydrogens is 303 g/mol. The molecule has 2 N–H and O–H groups in total. The van der Waals surface area contributed by atoms with Gasteiger partial charge in [-0.3, -0.25) is 14.4 Å². The Hall–Kier alpha value is -2.44. The molecule has 2 amide bonds. The van der Waals surface area contributed by atoms with Gasteiger partial charge in [-0.15, -0.1) is 0 Å². The monoisotopic (exact) mass is 322 g/mol. The lowest BCUT2D eigenvalue weighted by Gasteiger charge is -2.33. The molecule has 1 unspecified atom stereocenters. The van der Waals surface area contributed by atoms with Crippen molar-refractivity contribution in [3.8, 4) is 0 Å². The van der Waals surface area contributed by atoms with E-state index in [1.165, 1.54) is 23.1 Å². The third kappa shape index (κ3) is 3.85. The summed E-state index contributed by atoms with van der Waals surface area (Å²) in [7, 11) is 0. The van der Waals surface area contributed by atoms with Crippen LogP contribution in [0.15, 0.2) is 18.2 Å². The van der Waals surface area contributed by atoms with Gasteiger partial charge in [-0.05, 0) is 31.5 Å². The standard InChI is InChI=1S/C16H19FN2O4/c1-9(2)19(6-5-15(21)22)16(23)12-8-14(20)18-13-7-10(17)3-4-11(12)13/h3-4,7,9,12H,5-6,8H2,1-2H3,(H,18,20)(H,21,22). The maximum absolute atomic E-state index is 13.3. The molecule has 1 atom stereocenters. The van der Waals surface area contributed by atoms with Gasteiger partial charge in [-0.2, -0.15) is 0 Å². The van der Waals surface area contributed by atoms with E-state index in [1.807, 2.05) is 0 Å². The molecule has 0 fully saturated rings. The number of carboxylic acid groups (broad SMARTS) is 1. The lowest BCUT2D eigenvalue weighted by Crippen LogP contribution is -2.43. The van der Waals surface area contributed by atoms with Crippen molar-refractivity contribution < 1.29 is 23.9 Å². The predicted octanol–water partition coefficient (Wildman–Crippen LogP) is 1.96. The van der Waals surface area contributed by atoms with Gasteiger partial charge in [0.25, 0.3) is 0 Å². The summed E-state index contributed by atoms with van der Waals surface area (Å²) in [6.07, 6.45) is -0.202. The van der Waals surface area contributed by atoms with Crippen LogP contribution in [0, 0.1) is 5.82 Å². The number of hydrogen-bond donors (Lipinski definition) is 2. The largest absolute Gasteiger partial charge is 0.481 e. The van der Waals surface area contributed by atoms with Gasteiger partial charge < -0.3 is 15.3 Å². The van der Waals surface area contributed by atoms with Crippen LogP contribution in [0.1, 0.15) is 38.2 Å². The van der Waals surface area contributed by atoms with E-state index in [9.17, 15) is 18.8 Å². The van der Waals surface area contributed by atoms with E-state index in [4.69, 9.17) is 5.11 Å². The summed E-state index contributed by atoms with van der Waals surface area (Å²) in [5, 5.41) is 11.4. The van der Waals surface area contributed by atoms with E-state index in [-0.39, 0.29) is 37.2 Å². The topological polar surface area (TPSA) is 86.7 Å². The van der Waals surface area contributed by atoms with Crippen molar-refractivity contribution in [1.82, 2.24) is 4.90 Å². The highest BCUT2D eigenvalue weighted by Crippen LogP contribution is 2.34. The molecule has 124 valence electrons. The SMILES string of the molecule is CC(C)N(CCC(=O)O)C(=O)C1CC(=O)Nc2cc(F)ccc21. The fourth-order valence-electron chi connectivity index (χ4n) is 2.70. The predicted molar refractivity (Wildman–Crippen MR) is 81.5 cm³/mol. The van der Waals surface area contributed by atoms with Crippen LogP contribution < -0.4 is 5.32 Å². The smallest absolute Gasteiger partial charge is 0.305 e. The Morgan fingerprint density at radius 2 is 2.13 bits per heavy atom. The third-order valence-electron chi connectivity index (χ3n) is 3.83. The zero-order valence-corrected chi connectivity index (χ0v) is 13.0. The number of anilines is 1. The Bertz CT molecular complexity index is 645. The number of rotatable bonds is 5. The first kappa shape index (κ1) is 16.9. The molecule has 0 saturated heterocycles. The summed E-state index contributed by atoms with van der Waals surface area (Å²) in [4.78, 5) is 36.8. The highest BCUT2D eigenvalue weighted by atomic mass is 19.1. The zero-order chi connectivity index (χ0) is 17.1. The maximum atomic E-state index is 13.3. The lowest BCUT2D eigenvalue weighted by molar-refractivity contribution is -0.140. The molecule has 0 bridgehead atoms. The molecule has 0 spiro atoms. The van der Waals surface area contributed by atoms with Crippen LogP contribution in [0.4, 0.5) is 10.1 Å². The minimum Gasteiger partial charge on any atom is -0.481 e. The lowest BCUT2D eigenvalue weighted by atomic mass is 9.89. The van der Waals surface area contributed by atoms with Gasteiger partial charge in [0.2, 0.25) is 11.8 Å². The maximum Gasteiger partial charge on any atom is 0.305 e. The molecule has 1 aromatic carbocycles.